The smallest absolute Gasteiger partial charge is 0.252 e. The molecule has 5 nitrogen and oxygen atoms in total. The van der Waals surface area contributed by atoms with Crippen molar-refractivity contribution >= 4 is 11.7 Å². The van der Waals surface area contributed by atoms with Crippen LogP contribution < -0.4 is 10.1 Å². The number of amides is 1. The summed E-state index contributed by atoms with van der Waals surface area (Å²) in [6.07, 6.45) is 0. The average molecular weight is 368 g/mol. The van der Waals surface area contributed by atoms with Gasteiger partial charge in [0, 0.05) is 25.2 Å². The maximum absolute atomic E-state index is 13.6. The molecule has 2 heterocycles. The molecule has 1 saturated heterocycles. The lowest BCUT2D eigenvalue weighted by atomic mass is 9.78. The molecule has 2 aliphatic heterocycles. The number of likely N-dealkylation sites (tertiary alicyclic amines) is 1. The number of carbonyl (C=O) groups is 2. The number of halogens is 1. The molecule has 2 aromatic carbocycles. The first-order chi connectivity index (χ1) is 13.0. The number of carbonyl (C=O) groups excluding carboxylic acids is 2. The van der Waals surface area contributed by atoms with Gasteiger partial charge in [-0.25, -0.2) is 4.39 Å². The van der Waals surface area contributed by atoms with E-state index in [9.17, 15) is 14.0 Å². The van der Waals surface area contributed by atoms with Crippen LogP contribution in [0, 0.1) is 11.2 Å². The van der Waals surface area contributed by atoms with Gasteiger partial charge in [-0.15, -0.1) is 0 Å². The molecule has 0 radical (unpaired) electrons. The molecule has 0 unspecified atom stereocenters. The van der Waals surface area contributed by atoms with E-state index in [0.29, 0.717) is 37.4 Å². The predicted octanol–water partition coefficient (Wildman–Crippen LogP) is 2.52. The van der Waals surface area contributed by atoms with Gasteiger partial charge in [0.15, 0.2) is 17.3 Å². The Morgan fingerprint density at radius 2 is 1.85 bits per heavy atom. The summed E-state index contributed by atoms with van der Waals surface area (Å²) >= 11 is 0. The molecular formula is C21H21FN2O3. The highest BCUT2D eigenvalue weighted by Gasteiger charge is 2.51. The Kier molecular flexibility index (Phi) is 4.44. The number of benzene rings is 2. The molecule has 1 amide bonds. The second-order valence-electron chi connectivity index (χ2n) is 7.33. The van der Waals surface area contributed by atoms with Gasteiger partial charge in [-0.2, -0.15) is 0 Å². The summed E-state index contributed by atoms with van der Waals surface area (Å²) in [6, 6.07) is 13.0. The molecule has 0 bridgehead atoms. The summed E-state index contributed by atoms with van der Waals surface area (Å²) in [7, 11) is 0. The highest BCUT2D eigenvalue weighted by atomic mass is 19.1. The topological polar surface area (TPSA) is 58.6 Å². The maximum Gasteiger partial charge on any atom is 0.252 e. The molecule has 2 aromatic rings. The third-order valence-electron chi connectivity index (χ3n) is 5.50. The van der Waals surface area contributed by atoms with Crippen LogP contribution in [0.3, 0.4) is 0 Å². The SMILES string of the molecule is C[C@]12CN(CCOc3ccccc3F)C[C@H]1NC(=O)c1ccccc1C2=O. The van der Waals surface area contributed by atoms with Crippen molar-refractivity contribution in [2.24, 2.45) is 5.41 Å². The fourth-order valence-electron chi connectivity index (χ4n) is 3.97. The Balaban J connectivity index is 1.47. The quantitative estimate of drug-likeness (QED) is 0.901. The molecule has 1 fully saturated rings. The first kappa shape index (κ1) is 17.7. The molecule has 27 heavy (non-hydrogen) atoms. The summed E-state index contributed by atoms with van der Waals surface area (Å²) in [5.41, 5.74) is 0.220. The third kappa shape index (κ3) is 3.10. The largest absolute Gasteiger partial charge is 0.489 e. The van der Waals surface area contributed by atoms with E-state index < -0.39 is 11.2 Å². The van der Waals surface area contributed by atoms with Crippen molar-refractivity contribution in [3.8, 4) is 5.75 Å². The van der Waals surface area contributed by atoms with Gasteiger partial charge in [0.05, 0.1) is 17.0 Å². The fraction of sp³-hybridized carbons (Fsp3) is 0.333. The molecule has 140 valence electrons. The van der Waals surface area contributed by atoms with Crippen LogP contribution in [0.15, 0.2) is 48.5 Å². The van der Waals surface area contributed by atoms with E-state index in [0.717, 1.165) is 0 Å². The monoisotopic (exact) mass is 368 g/mol. The first-order valence-electron chi connectivity index (χ1n) is 9.03. The van der Waals surface area contributed by atoms with E-state index in [1.165, 1.54) is 6.07 Å². The normalized spacial score (nSPS) is 24.7. The van der Waals surface area contributed by atoms with Crippen LogP contribution in [0.4, 0.5) is 4.39 Å². The summed E-state index contributed by atoms with van der Waals surface area (Å²) < 4.78 is 19.2. The standard InChI is InChI=1S/C21H21FN2O3/c1-21-13-24(10-11-27-17-9-5-4-8-16(17)22)12-18(21)23-20(26)15-7-3-2-6-14(15)19(21)25/h2-9,18H,10-13H2,1H3,(H,23,26)/t18-,21+/m1/s1. The molecule has 1 N–H and O–H groups in total. The van der Waals surface area contributed by atoms with Crippen LogP contribution >= 0.6 is 0 Å². The number of nitrogens with one attached hydrogen (secondary N) is 1. The number of ketones is 1. The lowest BCUT2D eigenvalue weighted by Gasteiger charge is -2.27. The highest BCUT2D eigenvalue weighted by Crippen LogP contribution is 2.37. The van der Waals surface area contributed by atoms with E-state index in [2.05, 4.69) is 10.2 Å². The molecule has 0 aliphatic carbocycles. The van der Waals surface area contributed by atoms with Gasteiger partial charge in [0.25, 0.3) is 5.91 Å². The number of fused-ring (bicyclic) bond motifs is 2. The number of rotatable bonds is 4. The van der Waals surface area contributed by atoms with Crippen molar-refractivity contribution in [3.05, 3.63) is 65.5 Å². The van der Waals surface area contributed by atoms with E-state index >= 15 is 0 Å². The highest BCUT2D eigenvalue weighted by molar-refractivity contribution is 6.12. The van der Waals surface area contributed by atoms with Crippen molar-refractivity contribution in [2.45, 2.75) is 13.0 Å². The van der Waals surface area contributed by atoms with Crippen molar-refractivity contribution < 1.29 is 18.7 Å². The number of para-hydroxylation sites is 1. The van der Waals surface area contributed by atoms with Crippen LogP contribution in [-0.2, 0) is 0 Å². The lowest BCUT2D eigenvalue weighted by Crippen LogP contribution is -2.47. The third-order valence-corrected chi connectivity index (χ3v) is 5.50. The first-order valence-corrected chi connectivity index (χ1v) is 9.03. The number of hydrogen-bond acceptors (Lipinski definition) is 4. The Labute approximate surface area is 157 Å². The van der Waals surface area contributed by atoms with E-state index in [-0.39, 0.29) is 23.5 Å². The van der Waals surface area contributed by atoms with Gasteiger partial charge in [0.1, 0.15) is 6.61 Å². The Morgan fingerprint density at radius 3 is 2.63 bits per heavy atom. The fourth-order valence-corrected chi connectivity index (χ4v) is 3.97. The maximum atomic E-state index is 13.6. The minimum atomic E-state index is -0.694. The number of ether oxygens (including phenoxy) is 1. The van der Waals surface area contributed by atoms with E-state index in [1.807, 2.05) is 6.92 Å². The second-order valence-corrected chi connectivity index (χ2v) is 7.33. The van der Waals surface area contributed by atoms with E-state index in [4.69, 9.17) is 4.74 Å². The van der Waals surface area contributed by atoms with Crippen LogP contribution in [0.2, 0.25) is 0 Å². The molecule has 0 saturated carbocycles. The van der Waals surface area contributed by atoms with Crippen molar-refractivity contribution in [1.29, 1.82) is 0 Å². The van der Waals surface area contributed by atoms with Gasteiger partial charge in [-0.05, 0) is 25.1 Å². The summed E-state index contributed by atoms with van der Waals surface area (Å²) in [4.78, 5) is 27.8. The van der Waals surface area contributed by atoms with Gasteiger partial charge in [-0.3, -0.25) is 14.5 Å². The van der Waals surface area contributed by atoms with Crippen molar-refractivity contribution in [1.82, 2.24) is 10.2 Å². The minimum Gasteiger partial charge on any atom is -0.489 e. The summed E-state index contributed by atoms with van der Waals surface area (Å²) in [6.45, 7) is 3.84. The van der Waals surface area contributed by atoms with E-state index in [1.54, 1.807) is 42.5 Å². The predicted molar refractivity (Wildman–Crippen MR) is 98.5 cm³/mol. The Hall–Kier alpha value is -2.73. The number of hydrogen-bond donors (Lipinski definition) is 1. The van der Waals surface area contributed by atoms with Crippen LogP contribution in [0.5, 0.6) is 5.75 Å². The van der Waals surface area contributed by atoms with Gasteiger partial charge in [-0.1, -0.05) is 30.3 Å². The average Bonchev–Trinajstić information content (AvgIpc) is 2.95. The van der Waals surface area contributed by atoms with Gasteiger partial charge in [0.2, 0.25) is 0 Å². The Bertz CT molecular complexity index is 901. The van der Waals surface area contributed by atoms with Gasteiger partial charge >= 0.3 is 0 Å². The molecule has 2 atom stereocenters. The van der Waals surface area contributed by atoms with Crippen molar-refractivity contribution in [2.75, 3.05) is 26.2 Å². The lowest BCUT2D eigenvalue weighted by molar-refractivity contribution is 0.0788. The molecule has 0 aromatic heterocycles. The Morgan fingerprint density at radius 1 is 1.15 bits per heavy atom. The second kappa shape index (κ2) is 6.78. The minimum absolute atomic E-state index is 0.0148. The molecule has 2 aliphatic rings. The summed E-state index contributed by atoms with van der Waals surface area (Å²) in [5, 5.41) is 3.01. The molecular weight excluding hydrogens is 347 g/mol. The van der Waals surface area contributed by atoms with Crippen LogP contribution in [0.25, 0.3) is 0 Å². The zero-order chi connectivity index (χ0) is 19.0. The molecule has 6 heteroatoms. The zero-order valence-electron chi connectivity index (χ0n) is 15.1. The van der Waals surface area contributed by atoms with Gasteiger partial charge < -0.3 is 10.1 Å². The molecule has 4 rings (SSSR count). The molecule has 0 spiro atoms. The number of nitrogens with zero attached hydrogens (tertiary/aromatic N) is 1. The zero-order valence-corrected chi connectivity index (χ0v) is 15.1. The number of Topliss-reactive ketones (excluding diaryl/α,β-unsaturated/α-hetero) is 1. The van der Waals surface area contributed by atoms with Crippen molar-refractivity contribution in [3.63, 3.8) is 0 Å². The van der Waals surface area contributed by atoms with Crippen LogP contribution in [-0.4, -0.2) is 48.9 Å². The van der Waals surface area contributed by atoms with Crippen LogP contribution in [0.1, 0.15) is 27.6 Å². The summed E-state index contributed by atoms with van der Waals surface area (Å²) in [5.74, 6) is -0.401.